The largest absolute Gasteiger partial charge is 0.466 e. The number of ether oxygens (including phenoxy) is 1. The zero-order valence-corrected chi connectivity index (χ0v) is 11.0. The summed E-state index contributed by atoms with van der Waals surface area (Å²) < 4.78 is 4.94. The van der Waals surface area contributed by atoms with Crippen LogP contribution < -0.4 is 0 Å². The van der Waals surface area contributed by atoms with Gasteiger partial charge in [-0.15, -0.1) is 0 Å². The van der Waals surface area contributed by atoms with Gasteiger partial charge in [0.1, 0.15) is 0 Å². The molecular weight excluding hydrogens is 244 g/mol. The van der Waals surface area contributed by atoms with Gasteiger partial charge < -0.3 is 4.74 Å². The molecule has 0 bridgehead atoms. The zero-order chi connectivity index (χ0) is 11.0. The molecule has 0 aromatic rings. The minimum atomic E-state index is -0.0565. The molecule has 0 N–H and O–H groups in total. The number of alkyl halides is 1. The van der Waals surface area contributed by atoms with E-state index in [2.05, 4.69) is 22.9 Å². The highest BCUT2D eigenvalue weighted by molar-refractivity contribution is 9.09. The average molecular weight is 265 g/mol. The van der Waals surface area contributed by atoms with E-state index in [4.69, 9.17) is 4.74 Å². The summed E-state index contributed by atoms with van der Waals surface area (Å²) in [6.07, 6.45) is 3.22. The van der Waals surface area contributed by atoms with E-state index in [1.54, 1.807) is 0 Å². The molecule has 0 aliphatic rings. The number of carbonyl (C=O) groups excluding carboxylic acids is 1. The maximum absolute atomic E-state index is 11.3. The Balaban J connectivity index is 3.52. The van der Waals surface area contributed by atoms with Gasteiger partial charge in [-0.05, 0) is 25.7 Å². The van der Waals surface area contributed by atoms with Crippen molar-refractivity contribution < 1.29 is 9.53 Å². The summed E-state index contributed by atoms with van der Waals surface area (Å²) >= 11 is 3.44. The molecule has 0 aromatic carbocycles. The van der Waals surface area contributed by atoms with Gasteiger partial charge in [0, 0.05) is 5.33 Å². The van der Waals surface area contributed by atoms with Crippen LogP contribution in [0.25, 0.3) is 0 Å². The topological polar surface area (TPSA) is 26.3 Å². The summed E-state index contributed by atoms with van der Waals surface area (Å²) in [5.74, 6) is 0.695. The molecule has 0 aliphatic heterocycles. The molecule has 0 radical (unpaired) electrons. The number of hydrogen-bond acceptors (Lipinski definition) is 2. The van der Waals surface area contributed by atoms with Crippen molar-refractivity contribution in [1.29, 1.82) is 0 Å². The molecule has 14 heavy (non-hydrogen) atoms. The first-order chi connectivity index (χ1) is 6.61. The van der Waals surface area contributed by atoms with Crippen LogP contribution in [0.3, 0.4) is 0 Å². The molecule has 0 spiro atoms. The average Bonchev–Trinajstić information content (AvgIpc) is 2.17. The molecule has 2 atom stereocenters. The number of rotatable bonds is 7. The van der Waals surface area contributed by atoms with E-state index in [9.17, 15) is 4.79 Å². The van der Waals surface area contributed by atoms with Crippen molar-refractivity contribution in [2.45, 2.75) is 40.0 Å². The second kappa shape index (κ2) is 8.27. The van der Waals surface area contributed by atoms with Crippen LogP contribution in [0, 0.1) is 11.8 Å². The molecule has 0 rings (SSSR count). The third kappa shape index (κ3) is 6.41. The van der Waals surface area contributed by atoms with Crippen LogP contribution in [0.2, 0.25) is 0 Å². The van der Waals surface area contributed by atoms with Gasteiger partial charge in [-0.2, -0.15) is 0 Å². The molecule has 0 saturated heterocycles. The highest BCUT2D eigenvalue weighted by Crippen LogP contribution is 2.15. The molecule has 0 amide bonds. The van der Waals surface area contributed by atoms with E-state index in [1.165, 1.54) is 6.42 Å². The van der Waals surface area contributed by atoms with Crippen LogP contribution in [0.15, 0.2) is 0 Å². The van der Waals surface area contributed by atoms with Crippen molar-refractivity contribution in [3.63, 3.8) is 0 Å². The molecule has 0 fully saturated rings. The number of esters is 1. The third-order valence-electron chi connectivity index (χ3n) is 2.29. The summed E-state index contributed by atoms with van der Waals surface area (Å²) in [7, 11) is 0. The minimum Gasteiger partial charge on any atom is -0.466 e. The summed E-state index contributed by atoms with van der Waals surface area (Å²) in [5.41, 5.74) is 0. The fourth-order valence-electron chi connectivity index (χ4n) is 1.25. The second-order valence-electron chi connectivity index (χ2n) is 3.84. The number of halogens is 1. The van der Waals surface area contributed by atoms with Gasteiger partial charge in [-0.25, -0.2) is 0 Å². The minimum absolute atomic E-state index is 0.0532. The van der Waals surface area contributed by atoms with Gasteiger partial charge in [-0.1, -0.05) is 36.2 Å². The Morgan fingerprint density at radius 2 is 2.00 bits per heavy atom. The Bertz CT molecular complexity index is 159. The quantitative estimate of drug-likeness (QED) is 0.521. The van der Waals surface area contributed by atoms with E-state index >= 15 is 0 Å². The van der Waals surface area contributed by atoms with E-state index in [0.717, 1.165) is 18.2 Å². The predicted molar refractivity (Wildman–Crippen MR) is 62.6 cm³/mol. The Hall–Kier alpha value is -0.0500. The standard InChI is InChI=1S/C11H21BrO2/c1-4-14-11(13)10(3)7-5-6-9(2)8-12/h9-10H,4-8H2,1-3H3. The van der Waals surface area contributed by atoms with E-state index < -0.39 is 0 Å². The maximum atomic E-state index is 11.3. The van der Waals surface area contributed by atoms with Crippen molar-refractivity contribution in [1.82, 2.24) is 0 Å². The lowest BCUT2D eigenvalue weighted by atomic mass is 10.00. The lowest BCUT2D eigenvalue weighted by Crippen LogP contribution is -2.14. The normalized spacial score (nSPS) is 14.9. The van der Waals surface area contributed by atoms with Gasteiger partial charge in [0.2, 0.25) is 0 Å². The Morgan fingerprint density at radius 1 is 1.36 bits per heavy atom. The molecule has 0 saturated carbocycles. The molecule has 0 heterocycles. The summed E-state index contributed by atoms with van der Waals surface area (Å²) in [6, 6.07) is 0. The van der Waals surface area contributed by atoms with Gasteiger partial charge in [-0.3, -0.25) is 4.79 Å². The van der Waals surface area contributed by atoms with Crippen molar-refractivity contribution in [2.75, 3.05) is 11.9 Å². The van der Waals surface area contributed by atoms with Crippen LogP contribution in [0.4, 0.5) is 0 Å². The summed E-state index contributed by atoms with van der Waals surface area (Å²) in [5, 5.41) is 1.04. The first-order valence-corrected chi connectivity index (χ1v) is 6.46. The van der Waals surface area contributed by atoms with E-state index in [0.29, 0.717) is 12.5 Å². The highest BCUT2D eigenvalue weighted by Gasteiger charge is 2.13. The molecule has 84 valence electrons. The van der Waals surface area contributed by atoms with E-state index in [1.807, 2.05) is 13.8 Å². The molecule has 0 aliphatic carbocycles. The number of hydrogen-bond donors (Lipinski definition) is 0. The van der Waals surface area contributed by atoms with E-state index in [-0.39, 0.29) is 11.9 Å². The fourth-order valence-corrected chi connectivity index (χ4v) is 1.58. The first-order valence-electron chi connectivity index (χ1n) is 5.34. The molecule has 2 nitrogen and oxygen atoms in total. The SMILES string of the molecule is CCOC(=O)C(C)CCCC(C)CBr. The summed E-state index contributed by atoms with van der Waals surface area (Å²) in [6.45, 7) is 6.49. The van der Waals surface area contributed by atoms with Crippen LogP contribution in [-0.2, 0) is 9.53 Å². The van der Waals surface area contributed by atoms with Gasteiger partial charge in [0.15, 0.2) is 0 Å². The molecule has 0 aromatic heterocycles. The van der Waals surface area contributed by atoms with Gasteiger partial charge in [0.05, 0.1) is 12.5 Å². The predicted octanol–water partition coefficient (Wildman–Crippen LogP) is 3.39. The summed E-state index contributed by atoms with van der Waals surface area (Å²) in [4.78, 5) is 11.3. The molecule has 3 heteroatoms. The highest BCUT2D eigenvalue weighted by atomic mass is 79.9. The fraction of sp³-hybridized carbons (Fsp3) is 0.909. The van der Waals surface area contributed by atoms with Crippen LogP contribution in [0.1, 0.15) is 40.0 Å². The first kappa shape index (κ1) is 13.9. The molecule has 2 unspecified atom stereocenters. The van der Waals surface area contributed by atoms with Crippen molar-refractivity contribution >= 4 is 21.9 Å². The van der Waals surface area contributed by atoms with Gasteiger partial charge >= 0.3 is 5.97 Å². The Kier molecular flexibility index (Phi) is 8.24. The lowest BCUT2D eigenvalue weighted by molar-refractivity contribution is -0.147. The van der Waals surface area contributed by atoms with Crippen LogP contribution in [-0.4, -0.2) is 17.9 Å². The second-order valence-corrected chi connectivity index (χ2v) is 4.49. The molecular formula is C11H21BrO2. The van der Waals surface area contributed by atoms with Crippen LogP contribution in [0.5, 0.6) is 0 Å². The lowest BCUT2D eigenvalue weighted by Gasteiger charge is -2.11. The number of carbonyl (C=O) groups is 1. The monoisotopic (exact) mass is 264 g/mol. The maximum Gasteiger partial charge on any atom is 0.308 e. The van der Waals surface area contributed by atoms with Crippen molar-refractivity contribution in [2.24, 2.45) is 11.8 Å². The Morgan fingerprint density at radius 3 is 2.50 bits per heavy atom. The Labute approximate surface area is 95.5 Å². The van der Waals surface area contributed by atoms with Crippen LogP contribution >= 0.6 is 15.9 Å². The third-order valence-corrected chi connectivity index (χ3v) is 3.39. The zero-order valence-electron chi connectivity index (χ0n) is 9.38. The smallest absolute Gasteiger partial charge is 0.308 e. The van der Waals surface area contributed by atoms with Gasteiger partial charge in [0.25, 0.3) is 0 Å². The van der Waals surface area contributed by atoms with Crippen molar-refractivity contribution in [3.8, 4) is 0 Å². The van der Waals surface area contributed by atoms with Crippen molar-refractivity contribution in [3.05, 3.63) is 0 Å².